The molecule has 2 heterocycles. The first kappa shape index (κ1) is 13.9. The van der Waals surface area contributed by atoms with E-state index in [0.717, 1.165) is 18.9 Å². The lowest BCUT2D eigenvalue weighted by Crippen LogP contribution is -2.37. The van der Waals surface area contributed by atoms with E-state index in [1.807, 2.05) is 24.0 Å². The van der Waals surface area contributed by atoms with Crippen molar-refractivity contribution in [3.05, 3.63) is 46.4 Å². The Balaban J connectivity index is 1.91. The molecule has 2 aromatic rings. The fourth-order valence-corrected chi connectivity index (χ4v) is 2.90. The average molecular weight is 309 g/mol. The average Bonchev–Trinajstić information content (AvgIpc) is 2.98. The lowest BCUT2D eigenvalue weighted by molar-refractivity contribution is -0.751. The highest BCUT2D eigenvalue weighted by atomic mass is 35.5. The topological polar surface area (TPSA) is 61.9 Å². The van der Waals surface area contributed by atoms with Gasteiger partial charge < -0.3 is 10.6 Å². The summed E-state index contributed by atoms with van der Waals surface area (Å²) in [5.74, 6) is 0.426. The van der Waals surface area contributed by atoms with Crippen LogP contribution in [0.3, 0.4) is 0 Å². The number of hydrogen-bond acceptors (Lipinski definition) is 2. The van der Waals surface area contributed by atoms with Crippen LogP contribution < -0.4 is 15.3 Å². The third-order valence-corrected chi connectivity index (χ3v) is 4.13. The van der Waals surface area contributed by atoms with E-state index in [0.29, 0.717) is 22.7 Å². The van der Waals surface area contributed by atoms with Crippen molar-refractivity contribution in [3.8, 4) is 0 Å². The number of rotatable bonds is 3. The van der Waals surface area contributed by atoms with E-state index in [1.54, 1.807) is 0 Å². The van der Waals surface area contributed by atoms with Crippen molar-refractivity contribution in [2.24, 2.45) is 12.8 Å². The summed E-state index contributed by atoms with van der Waals surface area (Å²) in [6.45, 7) is 2.07. The predicted molar refractivity (Wildman–Crippen MR) is 79.1 cm³/mol. The second kappa shape index (κ2) is 5.04. The summed E-state index contributed by atoms with van der Waals surface area (Å²) in [5.41, 5.74) is 6.11. The van der Waals surface area contributed by atoms with Gasteiger partial charge in [0.1, 0.15) is 11.7 Å². The minimum atomic E-state index is -0.429. The Morgan fingerprint density at radius 3 is 2.90 bits per heavy atom. The predicted octanol–water partition coefficient (Wildman–Crippen LogP) is 1.41. The summed E-state index contributed by atoms with van der Waals surface area (Å²) < 4.78 is 18.4. The van der Waals surface area contributed by atoms with E-state index in [9.17, 15) is 4.39 Å². The Labute approximate surface area is 126 Å². The van der Waals surface area contributed by atoms with E-state index in [4.69, 9.17) is 22.7 Å². The molecule has 0 saturated heterocycles. The molecule has 0 aliphatic carbocycles. The highest BCUT2D eigenvalue weighted by molar-refractivity contribution is 6.31. The van der Waals surface area contributed by atoms with Gasteiger partial charge in [-0.2, -0.15) is 0 Å². The maximum absolute atomic E-state index is 14.2. The monoisotopic (exact) mass is 308 g/mol. The number of amidine groups is 1. The van der Waals surface area contributed by atoms with Gasteiger partial charge in [-0.25, -0.2) is 4.39 Å². The molecule has 110 valence electrons. The number of aromatic nitrogens is 2. The highest BCUT2D eigenvalue weighted by Gasteiger charge is 2.26. The zero-order valence-corrected chi connectivity index (χ0v) is 12.4. The van der Waals surface area contributed by atoms with Crippen molar-refractivity contribution >= 4 is 23.3 Å². The fraction of sp³-hybridized carbons (Fsp3) is 0.286. The van der Waals surface area contributed by atoms with Crippen molar-refractivity contribution in [1.82, 2.24) is 4.68 Å². The third kappa shape index (κ3) is 2.35. The first-order valence-electron chi connectivity index (χ1n) is 6.60. The van der Waals surface area contributed by atoms with Gasteiger partial charge in [0, 0.05) is 29.2 Å². The van der Waals surface area contributed by atoms with E-state index < -0.39 is 5.82 Å². The Morgan fingerprint density at radius 2 is 2.24 bits per heavy atom. The van der Waals surface area contributed by atoms with Gasteiger partial charge in [-0.3, -0.25) is 5.41 Å². The van der Waals surface area contributed by atoms with Crippen LogP contribution in [0.1, 0.15) is 11.1 Å². The molecule has 0 spiro atoms. The number of halogens is 2. The quantitative estimate of drug-likeness (QED) is 0.511. The van der Waals surface area contributed by atoms with Crippen LogP contribution in [0.25, 0.3) is 0 Å². The first-order chi connectivity index (χ1) is 9.97. The molecule has 0 radical (unpaired) electrons. The van der Waals surface area contributed by atoms with Crippen LogP contribution in [-0.2, 0) is 20.1 Å². The van der Waals surface area contributed by atoms with Crippen molar-refractivity contribution in [3.63, 3.8) is 0 Å². The number of nitrogens with one attached hydrogen (secondary N) is 1. The van der Waals surface area contributed by atoms with Gasteiger partial charge in [-0.05, 0) is 12.1 Å². The Bertz CT molecular complexity index is 701. The van der Waals surface area contributed by atoms with Gasteiger partial charge in [-0.15, -0.1) is 9.36 Å². The summed E-state index contributed by atoms with van der Waals surface area (Å²) in [4.78, 5) is 2.08. The number of benzene rings is 1. The molecule has 0 saturated carbocycles. The second-order valence-electron chi connectivity index (χ2n) is 5.12. The van der Waals surface area contributed by atoms with E-state index in [2.05, 4.69) is 9.58 Å². The van der Waals surface area contributed by atoms with Crippen LogP contribution in [0.5, 0.6) is 0 Å². The molecule has 1 aromatic heterocycles. The molecule has 7 heteroatoms. The van der Waals surface area contributed by atoms with Crippen LogP contribution in [0.15, 0.2) is 24.4 Å². The minimum absolute atomic E-state index is 0.190. The number of nitrogen functional groups attached to an aromatic ring is 1. The van der Waals surface area contributed by atoms with Crippen LogP contribution in [0.2, 0.25) is 5.02 Å². The van der Waals surface area contributed by atoms with Crippen molar-refractivity contribution < 1.29 is 9.07 Å². The molecule has 21 heavy (non-hydrogen) atoms. The molecule has 1 aromatic carbocycles. The number of aryl methyl sites for hydroxylation is 1. The zero-order valence-electron chi connectivity index (χ0n) is 11.6. The van der Waals surface area contributed by atoms with Gasteiger partial charge >= 0.3 is 0 Å². The SMILES string of the molecule is C[n+]1ccc2n1CCN2Cc1c(F)cc(C(=N)N)cc1Cl. The molecule has 3 N–H and O–H groups in total. The first-order valence-corrected chi connectivity index (χ1v) is 6.98. The number of anilines is 1. The van der Waals surface area contributed by atoms with E-state index in [-0.39, 0.29) is 5.84 Å². The Hall–Kier alpha value is -2.08. The molecule has 0 fully saturated rings. The van der Waals surface area contributed by atoms with Crippen LogP contribution in [0, 0.1) is 11.2 Å². The number of nitrogens with zero attached hydrogens (tertiary/aromatic N) is 3. The zero-order chi connectivity index (χ0) is 15.1. The molecule has 5 nitrogen and oxygen atoms in total. The molecule has 1 aliphatic heterocycles. The lowest BCUT2D eigenvalue weighted by atomic mass is 10.1. The third-order valence-electron chi connectivity index (χ3n) is 3.79. The van der Waals surface area contributed by atoms with Crippen molar-refractivity contribution in [2.75, 3.05) is 11.4 Å². The molecule has 1 aliphatic rings. The Kier molecular flexibility index (Phi) is 3.33. The van der Waals surface area contributed by atoms with Gasteiger partial charge in [0.15, 0.2) is 19.1 Å². The molecule has 0 unspecified atom stereocenters. The smallest absolute Gasteiger partial charge is 0.197 e. The minimum Gasteiger partial charge on any atom is -0.384 e. The largest absolute Gasteiger partial charge is 0.384 e. The highest BCUT2D eigenvalue weighted by Crippen LogP contribution is 2.27. The van der Waals surface area contributed by atoms with Crippen LogP contribution >= 0.6 is 11.6 Å². The van der Waals surface area contributed by atoms with Crippen LogP contribution in [0.4, 0.5) is 10.2 Å². The molecular weight excluding hydrogens is 293 g/mol. The maximum Gasteiger partial charge on any atom is 0.197 e. The molecular formula is C14H16ClFN5+. The fourth-order valence-electron chi connectivity index (χ4n) is 2.63. The number of nitrogens with two attached hydrogens (primary N) is 1. The Morgan fingerprint density at radius 1 is 1.48 bits per heavy atom. The number of fused-ring (bicyclic) bond motifs is 1. The second-order valence-corrected chi connectivity index (χ2v) is 5.53. The van der Waals surface area contributed by atoms with Gasteiger partial charge in [0.25, 0.3) is 0 Å². The molecule has 0 amide bonds. The maximum atomic E-state index is 14.2. The summed E-state index contributed by atoms with van der Waals surface area (Å²) in [6.07, 6.45) is 1.97. The van der Waals surface area contributed by atoms with E-state index in [1.165, 1.54) is 12.1 Å². The van der Waals surface area contributed by atoms with Crippen molar-refractivity contribution in [2.45, 2.75) is 13.1 Å². The summed E-state index contributed by atoms with van der Waals surface area (Å²) >= 11 is 6.16. The molecule has 0 atom stereocenters. The molecule has 3 rings (SSSR count). The van der Waals surface area contributed by atoms with Gasteiger partial charge in [0.2, 0.25) is 0 Å². The summed E-state index contributed by atoms with van der Waals surface area (Å²) in [5, 5.41) is 7.66. The van der Waals surface area contributed by atoms with E-state index >= 15 is 0 Å². The summed E-state index contributed by atoms with van der Waals surface area (Å²) in [7, 11) is 1.97. The molecule has 0 bridgehead atoms. The normalized spacial score (nSPS) is 13.6. The summed E-state index contributed by atoms with van der Waals surface area (Å²) in [6, 6.07) is 4.80. The standard InChI is InChI=1S/C14H16ClFN5/c1-19-3-2-13-20(4-5-21(13)19)8-10-11(15)6-9(14(17)18)7-12(10)16/h2-3,6-7H,4-5,8H2,1H3,(H3,17,18)/q+1. The number of hydrogen-bond donors (Lipinski definition) is 2. The lowest BCUT2D eigenvalue weighted by Gasteiger charge is -2.18. The van der Waals surface area contributed by atoms with Gasteiger partial charge in [-0.1, -0.05) is 11.6 Å². The van der Waals surface area contributed by atoms with Gasteiger partial charge in [0.05, 0.1) is 12.6 Å². The van der Waals surface area contributed by atoms with Crippen molar-refractivity contribution in [1.29, 1.82) is 5.41 Å². The van der Waals surface area contributed by atoms with Crippen LogP contribution in [-0.4, -0.2) is 17.1 Å².